The first-order valence-electron chi connectivity index (χ1n) is 8.89. The molecule has 0 unspecified atom stereocenters. The Morgan fingerprint density at radius 2 is 1.00 bits per heavy atom. The van der Waals surface area contributed by atoms with Gasteiger partial charge >= 0.3 is 0 Å². The van der Waals surface area contributed by atoms with E-state index in [1.165, 1.54) is 24.3 Å². The number of H-pyrrole nitrogens is 2. The molecule has 0 radical (unpaired) electrons. The molecule has 2 N–H and O–H groups in total. The highest BCUT2D eigenvalue weighted by molar-refractivity contribution is 5.90. The lowest BCUT2D eigenvalue weighted by Gasteiger charge is -1.86. The second-order valence-corrected chi connectivity index (χ2v) is 6.43. The number of allylic oxidation sites excluding steroid dienone is 2. The zero-order valence-electron chi connectivity index (χ0n) is 15.8. The molecule has 3 aromatic heterocycles. The van der Waals surface area contributed by atoms with Gasteiger partial charge in [-0.3, -0.25) is 0 Å². The number of hydrogen-bond donors (Lipinski definition) is 2. The molecule has 0 aromatic carbocycles. The van der Waals surface area contributed by atoms with E-state index in [9.17, 15) is 21.0 Å². The van der Waals surface area contributed by atoms with Crippen LogP contribution in [0.1, 0.15) is 34.4 Å². The maximum absolute atomic E-state index is 9.44. The van der Waals surface area contributed by atoms with Crippen molar-refractivity contribution in [1.29, 1.82) is 21.0 Å². The summed E-state index contributed by atoms with van der Waals surface area (Å²) in [6, 6.07) is 10.9. The maximum Gasteiger partial charge on any atom is 0.174 e. The summed E-state index contributed by atoms with van der Waals surface area (Å²) in [5, 5.41) is 37.8. The highest BCUT2D eigenvalue weighted by atomic mass is 15.0. The number of hydrogen-bond acceptors (Lipinski definition) is 10. The second-order valence-electron chi connectivity index (χ2n) is 6.43. The Hall–Kier alpha value is -5.72. The van der Waals surface area contributed by atoms with E-state index in [2.05, 4.69) is 39.9 Å². The fraction of sp³-hybridized carbons (Fsp3) is 0. The molecule has 8 bridgehead atoms. The normalized spacial score (nSPS) is 12.0. The molecule has 2 aliphatic rings. The molecule has 12 nitrogen and oxygen atoms in total. The average Bonchev–Trinajstić information content (AvgIpc) is 3.54. The second kappa shape index (κ2) is 6.96. The molecule has 0 saturated heterocycles. The van der Waals surface area contributed by atoms with Gasteiger partial charge < -0.3 is 9.97 Å². The number of aromatic nitrogens is 8. The Morgan fingerprint density at radius 1 is 0.562 bits per heavy atom. The number of nitriles is 4. The number of rotatable bonds is 0. The highest BCUT2D eigenvalue weighted by Gasteiger charge is 2.16. The van der Waals surface area contributed by atoms with Gasteiger partial charge in [0.1, 0.15) is 46.7 Å². The summed E-state index contributed by atoms with van der Waals surface area (Å²) in [7, 11) is 0. The van der Waals surface area contributed by atoms with E-state index >= 15 is 0 Å². The van der Waals surface area contributed by atoms with E-state index in [0.29, 0.717) is 0 Å². The SMILES string of the molecule is N#CC1=Cc2nc1nc1cc(C#N)c(nc3nc(nc4cc(C#N)c(n2)[nH]4)C(C#N)=C3)[nH]1. The highest BCUT2D eigenvalue weighted by Crippen LogP contribution is 2.21. The molecule has 0 aliphatic carbocycles. The molecule has 146 valence electrons. The molecule has 0 atom stereocenters. The summed E-state index contributed by atoms with van der Waals surface area (Å²) in [5.74, 6) is 0.485. The molecule has 2 aliphatic heterocycles. The maximum atomic E-state index is 9.44. The minimum Gasteiger partial charge on any atom is -0.324 e. The Balaban J connectivity index is 1.94. The Morgan fingerprint density at radius 3 is 1.38 bits per heavy atom. The first-order valence-corrected chi connectivity index (χ1v) is 8.89. The van der Waals surface area contributed by atoms with Crippen LogP contribution in [0, 0.1) is 45.3 Å². The van der Waals surface area contributed by atoms with E-state index in [1.807, 2.05) is 24.3 Å². The van der Waals surface area contributed by atoms with Crippen LogP contribution in [0.2, 0.25) is 0 Å². The van der Waals surface area contributed by atoms with Gasteiger partial charge in [-0.25, -0.2) is 29.9 Å². The monoisotopic (exact) mass is 414 g/mol. The molecule has 0 spiro atoms. The fourth-order valence-electron chi connectivity index (χ4n) is 3.02. The fourth-order valence-corrected chi connectivity index (χ4v) is 3.02. The van der Waals surface area contributed by atoms with Crippen LogP contribution in [-0.2, 0) is 0 Å². The van der Waals surface area contributed by atoms with Crippen molar-refractivity contribution in [3.05, 3.63) is 46.6 Å². The molecule has 12 heteroatoms. The average molecular weight is 414 g/mol. The van der Waals surface area contributed by atoms with Crippen molar-refractivity contribution < 1.29 is 0 Å². The Kier molecular flexibility index (Phi) is 3.98. The van der Waals surface area contributed by atoms with E-state index in [1.54, 1.807) is 0 Å². The largest absolute Gasteiger partial charge is 0.324 e. The molecular formula is C20H6N12. The van der Waals surface area contributed by atoms with Gasteiger partial charge in [0.2, 0.25) is 0 Å². The summed E-state index contributed by atoms with van der Waals surface area (Å²) in [6.45, 7) is 0. The van der Waals surface area contributed by atoms with E-state index in [-0.39, 0.29) is 68.2 Å². The van der Waals surface area contributed by atoms with Gasteiger partial charge in [0, 0.05) is 24.3 Å². The van der Waals surface area contributed by atoms with Crippen molar-refractivity contribution in [3.8, 4) is 24.3 Å². The molecule has 3 aromatic rings. The van der Waals surface area contributed by atoms with Crippen molar-refractivity contribution in [2.24, 2.45) is 0 Å². The topological polar surface area (TPSA) is 204 Å². The summed E-state index contributed by atoms with van der Waals surface area (Å²) in [6.07, 6.45) is 2.85. The zero-order chi connectivity index (χ0) is 22.2. The van der Waals surface area contributed by atoms with Gasteiger partial charge in [-0.05, 0) is 0 Å². The summed E-state index contributed by atoms with van der Waals surface area (Å²) in [4.78, 5) is 31.4. The molecule has 5 heterocycles. The van der Waals surface area contributed by atoms with Gasteiger partial charge in [0.15, 0.2) is 34.6 Å². The molecule has 32 heavy (non-hydrogen) atoms. The number of nitrogens with one attached hydrogen (secondary N) is 2. The lowest BCUT2D eigenvalue weighted by Crippen LogP contribution is -1.87. The molecular weight excluding hydrogens is 408 g/mol. The van der Waals surface area contributed by atoms with Crippen molar-refractivity contribution in [2.45, 2.75) is 0 Å². The zero-order valence-corrected chi connectivity index (χ0v) is 15.8. The van der Waals surface area contributed by atoms with Gasteiger partial charge in [-0.15, -0.1) is 0 Å². The van der Waals surface area contributed by atoms with Crippen LogP contribution in [0.15, 0.2) is 12.1 Å². The lowest BCUT2D eigenvalue weighted by atomic mass is 10.3. The predicted molar refractivity (Wildman–Crippen MR) is 109 cm³/mol. The summed E-state index contributed by atoms with van der Waals surface area (Å²) in [5.41, 5.74) is 1.54. The standard InChI is InChI=1S/C20H6N12/c21-5-9-1-13-25-17(9)30-14-3-11(7-23)19(27-14)32-16-4-12(8-24)20(28-16)31-15-2-10(6-22)18(26-15)29-13/h1-4H,(H2,25,26,27,28,29,30,31,32). The third-order valence-electron chi connectivity index (χ3n) is 4.42. The van der Waals surface area contributed by atoms with Gasteiger partial charge in [-0.1, -0.05) is 0 Å². The number of fused-ring (bicyclic) bond motifs is 8. The van der Waals surface area contributed by atoms with E-state index in [0.717, 1.165) is 0 Å². The van der Waals surface area contributed by atoms with Gasteiger partial charge in [-0.2, -0.15) is 21.0 Å². The van der Waals surface area contributed by atoms with Crippen molar-refractivity contribution >= 4 is 45.9 Å². The summed E-state index contributed by atoms with van der Waals surface area (Å²) >= 11 is 0. The van der Waals surface area contributed by atoms with Crippen LogP contribution in [0.4, 0.5) is 0 Å². The van der Waals surface area contributed by atoms with Crippen molar-refractivity contribution in [3.63, 3.8) is 0 Å². The van der Waals surface area contributed by atoms with Crippen LogP contribution in [0.25, 0.3) is 45.9 Å². The lowest BCUT2D eigenvalue weighted by molar-refractivity contribution is 1.11. The predicted octanol–water partition coefficient (Wildman–Crippen LogP) is 1.77. The molecule has 5 rings (SSSR count). The van der Waals surface area contributed by atoms with Crippen LogP contribution in [-0.4, -0.2) is 39.9 Å². The third kappa shape index (κ3) is 3.00. The van der Waals surface area contributed by atoms with Crippen LogP contribution in [0.5, 0.6) is 0 Å². The quantitative estimate of drug-likeness (QED) is 0.545. The summed E-state index contributed by atoms with van der Waals surface area (Å²) < 4.78 is 0. The minimum atomic E-state index is 0.0890. The first kappa shape index (κ1) is 18.3. The van der Waals surface area contributed by atoms with Crippen molar-refractivity contribution in [2.75, 3.05) is 0 Å². The van der Waals surface area contributed by atoms with Crippen LogP contribution >= 0.6 is 0 Å². The number of nitrogens with zero attached hydrogens (tertiary/aromatic N) is 10. The van der Waals surface area contributed by atoms with Gasteiger partial charge in [0.25, 0.3) is 0 Å². The first-order chi connectivity index (χ1) is 15.6. The minimum absolute atomic E-state index is 0.0890. The Labute approximate surface area is 178 Å². The molecule has 0 saturated carbocycles. The number of aromatic amines is 2. The third-order valence-corrected chi connectivity index (χ3v) is 4.42. The van der Waals surface area contributed by atoms with Crippen molar-refractivity contribution in [1.82, 2.24) is 39.9 Å². The van der Waals surface area contributed by atoms with Crippen LogP contribution in [0.3, 0.4) is 0 Å². The van der Waals surface area contributed by atoms with Crippen LogP contribution < -0.4 is 0 Å². The smallest absolute Gasteiger partial charge is 0.174 e. The van der Waals surface area contributed by atoms with E-state index < -0.39 is 0 Å². The molecule has 0 amide bonds. The Bertz CT molecular complexity index is 1590. The van der Waals surface area contributed by atoms with Gasteiger partial charge in [0.05, 0.1) is 11.1 Å². The molecule has 0 fully saturated rings. The van der Waals surface area contributed by atoms with E-state index in [4.69, 9.17) is 0 Å².